The first-order chi connectivity index (χ1) is 8.22. The number of aliphatic hydroxyl groups is 1. The Bertz CT molecular complexity index is 181. The Labute approximate surface area is 107 Å². The second-order valence-corrected chi connectivity index (χ2v) is 5.58. The van der Waals surface area contributed by atoms with Crippen LogP contribution in [0.25, 0.3) is 0 Å². The summed E-state index contributed by atoms with van der Waals surface area (Å²) in [5.74, 6) is 0.865. The number of nitrogens with zero attached hydrogens (tertiary/aromatic N) is 1. The molecule has 1 aliphatic carbocycles. The molecule has 1 atom stereocenters. The van der Waals surface area contributed by atoms with Crippen LogP contribution in [0.3, 0.4) is 0 Å². The lowest BCUT2D eigenvalue weighted by Gasteiger charge is -2.28. The van der Waals surface area contributed by atoms with Gasteiger partial charge in [0.15, 0.2) is 0 Å². The summed E-state index contributed by atoms with van der Waals surface area (Å²) in [6, 6.07) is 0. The monoisotopic (exact) mass is 242 g/mol. The maximum absolute atomic E-state index is 9.87. The van der Waals surface area contributed by atoms with Crippen molar-refractivity contribution >= 4 is 0 Å². The molecule has 0 amide bonds. The van der Waals surface area contributed by atoms with E-state index < -0.39 is 0 Å². The number of nitrogens with one attached hydrogen (secondary N) is 1. The molecule has 1 fully saturated rings. The van der Waals surface area contributed by atoms with Gasteiger partial charge >= 0.3 is 0 Å². The molecule has 1 rings (SSSR count). The molecule has 0 aromatic rings. The van der Waals surface area contributed by atoms with E-state index in [1.807, 2.05) is 0 Å². The van der Waals surface area contributed by atoms with Crippen LogP contribution in [0.5, 0.6) is 0 Å². The Morgan fingerprint density at radius 1 is 1.29 bits per heavy atom. The van der Waals surface area contributed by atoms with Gasteiger partial charge in [-0.1, -0.05) is 26.2 Å². The van der Waals surface area contributed by atoms with Crippen LogP contribution in [0.2, 0.25) is 0 Å². The van der Waals surface area contributed by atoms with Gasteiger partial charge in [-0.05, 0) is 38.8 Å². The summed E-state index contributed by atoms with van der Waals surface area (Å²) >= 11 is 0. The van der Waals surface area contributed by atoms with E-state index in [4.69, 9.17) is 0 Å². The van der Waals surface area contributed by atoms with Crippen LogP contribution in [-0.4, -0.2) is 49.3 Å². The molecule has 0 radical (unpaired) electrons. The first-order valence-corrected chi connectivity index (χ1v) is 7.29. The molecule has 1 unspecified atom stereocenters. The lowest BCUT2D eigenvalue weighted by Crippen LogP contribution is -2.38. The van der Waals surface area contributed by atoms with E-state index in [9.17, 15) is 5.11 Å². The van der Waals surface area contributed by atoms with Crippen molar-refractivity contribution in [2.24, 2.45) is 5.92 Å². The van der Waals surface area contributed by atoms with Crippen LogP contribution in [0.15, 0.2) is 0 Å². The van der Waals surface area contributed by atoms with Gasteiger partial charge in [0.1, 0.15) is 0 Å². The highest BCUT2D eigenvalue weighted by molar-refractivity contribution is 4.71. The van der Waals surface area contributed by atoms with Crippen LogP contribution in [0.1, 0.15) is 45.4 Å². The molecule has 3 heteroatoms. The first-order valence-electron chi connectivity index (χ1n) is 7.29. The van der Waals surface area contributed by atoms with Crippen molar-refractivity contribution in [2.45, 2.75) is 51.6 Å². The Morgan fingerprint density at radius 3 is 2.65 bits per heavy atom. The Kier molecular flexibility index (Phi) is 7.82. The summed E-state index contributed by atoms with van der Waals surface area (Å²) in [6.45, 7) is 5.83. The lowest BCUT2D eigenvalue weighted by atomic mass is 9.89. The SMILES string of the molecule is CCCNCC(O)CN(C)CC1CCCCC1. The Hall–Kier alpha value is -0.120. The van der Waals surface area contributed by atoms with Crippen molar-refractivity contribution in [2.75, 3.05) is 33.2 Å². The van der Waals surface area contributed by atoms with E-state index in [2.05, 4.69) is 24.2 Å². The van der Waals surface area contributed by atoms with Crippen LogP contribution in [-0.2, 0) is 0 Å². The molecular formula is C14H30N2O. The quantitative estimate of drug-likeness (QED) is 0.638. The van der Waals surface area contributed by atoms with Gasteiger partial charge in [-0.25, -0.2) is 0 Å². The molecule has 2 N–H and O–H groups in total. The van der Waals surface area contributed by atoms with Crippen molar-refractivity contribution in [3.05, 3.63) is 0 Å². The zero-order valence-corrected chi connectivity index (χ0v) is 11.6. The Balaban J connectivity index is 2.07. The van der Waals surface area contributed by atoms with Gasteiger partial charge in [0.2, 0.25) is 0 Å². The highest BCUT2D eigenvalue weighted by Crippen LogP contribution is 2.23. The fourth-order valence-corrected chi connectivity index (χ4v) is 2.75. The van der Waals surface area contributed by atoms with E-state index in [0.29, 0.717) is 0 Å². The first kappa shape index (κ1) is 14.9. The molecule has 0 saturated heterocycles. The molecule has 0 heterocycles. The number of hydrogen-bond acceptors (Lipinski definition) is 3. The summed E-state index contributed by atoms with van der Waals surface area (Å²) < 4.78 is 0. The average Bonchev–Trinajstić information content (AvgIpc) is 2.30. The number of aliphatic hydroxyl groups excluding tert-OH is 1. The maximum Gasteiger partial charge on any atom is 0.0791 e. The van der Waals surface area contributed by atoms with Gasteiger partial charge in [0, 0.05) is 19.6 Å². The van der Waals surface area contributed by atoms with Crippen LogP contribution >= 0.6 is 0 Å². The summed E-state index contributed by atoms with van der Waals surface area (Å²) in [6.07, 6.45) is 7.89. The third kappa shape index (κ3) is 7.02. The minimum atomic E-state index is -0.227. The van der Waals surface area contributed by atoms with Crippen molar-refractivity contribution in [1.82, 2.24) is 10.2 Å². The molecule has 0 spiro atoms. The predicted molar refractivity (Wildman–Crippen MR) is 73.2 cm³/mol. The summed E-state index contributed by atoms with van der Waals surface area (Å²) in [5.41, 5.74) is 0. The van der Waals surface area contributed by atoms with Crippen molar-refractivity contribution in [3.8, 4) is 0 Å². The van der Waals surface area contributed by atoms with E-state index in [1.54, 1.807) is 0 Å². The highest BCUT2D eigenvalue weighted by atomic mass is 16.3. The van der Waals surface area contributed by atoms with Gasteiger partial charge < -0.3 is 15.3 Å². The summed E-state index contributed by atoms with van der Waals surface area (Å²) in [7, 11) is 2.14. The van der Waals surface area contributed by atoms with Gasteiger partial charge in [0.05, 0.1) is 6.10 Å². The second-order valence-electron chi connectivity index (χ2n) is 5.58. The smallest absolute Gasteiger partial charge is 0.0791 e. The van der Waals surface area contributed by atoms with Crippen molar-refractivity contribution in [1.29, 1.82) is 0 Å². The van der Waals surface area contributed by atoms with Crippen LogP contribution in [0.4, 0.5) is 0 Å². The Morgan fingerprint density at radius 2 is 2.00 bits per heavy atom. The zero-order chi connectivity index (χ0) is 12.5. The molecule has 3 nitrogen and oxygen atoms in total. The summed E-state index contributed by atoms with van der Waals surface area (Å²) in [5, 5.41) is 13.1. The molecule has 1 aliphatic rings. The van der Waals surface area contributed by atoms with E-state index in [0.717, 1.165) is 38.5 Å². The number of rotatable bonds is 8. The molecule has 0 aromatic heterocycles. The molecule has 102 valence electrons. The zero-order valence-electron chi connectivity index (χ0n) is 11.6. The lowest BCUT2D eigenvalue weighted by molar-refractivity contribution is 0.111. The summed E-state index contributed by atoms with van der Waals surface area (Å²) in [4.78, 5) is 2.30. The van der Waals surface area contributed by atoms with E-state index >= 15 is 0 Å². The van der Waals surface area contributed by atoms with Crippen molar-refractivity contribution < 1.29 is 5.11 Å². The van der Waals surface area contributed by atoms with Crippen LogP contribution < -0.4 is 5.32 Å². The van der Waals surface area contributed by atoms with Crippen molar-refractivity contribution in [3.63, 3.8) is 0 Å². The van der Waals surface area contributed by atoms with Gasteiger partial charge in [-0.15, -0.1) is 0 Å². The van der Waals surface area contributed by atoms with E-state index in [1.165, 1.54) is 32.1 Å². The molecule has 0 aromatic carbocycles. The van der Waals surface area contributed by atoms with Gasteiger partial charge in [-0.2, -0.15) is 0 Å². The predicted octanol–water partition coefficient (Wildman–Crippen LogP) is 1.86. The number of likely N-dealkylation sites (N-methyl/N-ethyl adjacent to an activating group) is 1. The largest absolute Gasteiger partial charge is 0.390 e. The van der Waals surface area contributed by atoms with Gasteiger partial charge in [-0.3, -0.25) is 0 Å². The highest BCUT2D eigenvalue weighted by Gasteiger charge is 2.16. The van der Waals surface area contributed by atoms with Crippen LogP contribution in [0, 0.1) is 5.92 Å². The maximum atomic E-state index is 9.87. The fraction of sp³-hybridized carbons (Fsp3) is 1.00. The van der Waals surface area contributed by atoms with Gasteiger partial charge in [0.25, 0.3) is 0 Å². The molecule has 17 heavy (non-hydrogen) atoms. The minimum absolute atomic E-state index is 0.227. The van der Waals surface area contributed by atoms with E-state index in [-0.39, 0.29) is 6.10 Å². The molecule has 0 aliphatic heterocycles. The minimum Gasteiger partial charge on any atom is -0.390 e. The molecule has 1 saturated carbocycles. The molecular weight excluding hydrogens is 212 g/mol. The standard InChI is InChI=1S/C14H30N2O/c1-3-9-15-10-14(17)12-16(2)11-13-7-5-4-6-8-13/h13-15,17H,3-12H2,1-2H3. The second kappa shape index (κ2) is 8.90. The third-order valence-electron chi connectivity index (χ3n) is 3.62. The fourth-order valence-electron chi connectivity index (χ4n) is 2.75. The third-order valence-corrected chi connectivity index (χ3v) is 3.62. The normalized spacial score (nSPS) is 19.8. The molecule has 0 bridgehead atoms. The number of hydrogen-bond donors (Lipinski definition) is 2. The topological polar surface area (TPSA) is 35.5 Å². The average molecular weight is 242 g/mol.